The van der Waals surface area contributed by atoms with Crippen molar-refractivity contribution in [3.8, 4) is 0 Å². The van der Waals surface area contributed by atoms with Crippen LogP contribution in [-0.4, -0.2) is 15.7 Å². The zero-order valence-electron chi connectivity index (χ0n) is 18.9. The second-order valence-corrected chi connectivity index (χ2v) is 12.1. The highest BCUT2D eigenvalue weighted by Gasteiger charge is 2.52. The lowest BCUT2D eigenvalue weighted by Gasteiger charge is -2.27. The molecule has 3 aromatic carbocycles. The summed E-state index contributed by atoms with van der Waals surface area (Å²) in [5.74, 6) is 1.60. The van der Waals surface area contributed by atoms with Crippen molar-refractivity contribution in [2.45, 2.75) is 31.7 Å². The molecular formula is C27H28IN2OPS. The average Bonchev–Trinajstić information content (AvgIpc) is 2.83. The molecule has 0 saturated carbocycles. The number of aromatic amines is 1. The van der Waals surface area contributed by atoms with Crippen LogP contribution in [0.3, 0.4) is 0 Å². The van der Waals surface area contributed by atoms with Gasteiger partial charge in [0, 0.05) is 0 Å². The third-order valence-electron chi connectivity index (χ3n) is 5.48. The Morgan fingerprint density at radius 1 is 0.818 bits per heavy atom. The zero-order valence-corrected chi connectivity index (χ0v) is 22.7. The van der Waals surface area contributed by atoms with Gasteiger partial charge in [-0.15, -0.1) is 11.8 Å². The van der Waals surface area contributed by atoms with Gasteiger partial charge in [0.05, 0.1) is 0 Å². The topological polar surface area (TPSA) is 45.8 Å². The smallest absolute Gasteiger partial charge is 0.295 e. The summed E-state index contributed by atoms with van der Waals surface area (Å²) in [6, 6.07) is 31.4. The fourth-order valence-corrected chi connectivity index (χ4v) is 9.94. The summed E-state index contributed by atoms with van der Waals surface area (Å²) in [6.45, 7) is 4.05. The van der Waals surface area contributed by atoms with Crippen LogP contribution >= 0.6 is 19.0 Å². The molecule has 6 heteroatoms. The zero-order chi connectivity index (χ0) is 22.4. The van der Waals surface area contributed by atoms with Crippen LogP contribution in [0.15, 0.2) is 101 Å². The van der Waals surface area contributed by atoms with E-state index in [1.165, 1.54) is 0 Å². The van der Waals surface area contributed by atoms with Gasteiger partial charge in [-0.05, 0) is 55.5 Å². The molecule has 0 radical (unpaired) electrons. The highest BCUT2D eigenvalue weighted by molar-refractivity contribution is 8.04. The molecule has 4 rings (SSSR count). The molecule has 0 saturated heterocycles. The Hall–Kier alpha value is -1.95. The van der Waals surface area contributed by atoms with Crippen LogP contribution in [-0.2, 0) is 0 Å². The summed E-state index contributed by atoms with van der Waals surface area (Å²) in [7, 11) is -2.48. The number of thioether (sulfide) groups is 1. The number of halogens is 1. The Labute approximate surface area is 217 Å². The number of hydrogen-bond donors (Lipinski definition) is 1. The number of rotatable bonds is 8. The van der Waals surface area contributed by atoms with Gasteiger partial charge in [0.1, 0.15) is 26.8 Å². The third-order valence-corrected chi connectivity index (χ3v) is 11.0. The molecule has 0 unspecified atom stereocenters. The van der Waals surface area contributed by atoms with Gasteiger partial charge >= 0.3 is 0 Å². The first-order valence-electron chi connectivity index (χ1n) is 11.0. The molecule has 0 aliphatic rings. The van der Waals surface area contributed by atoms with Crippen molar-refractivity contribution in [1.82, 2.24) is 9.97 Å². The fraction of sp³-hybridized carbons (Fsp3) is 0.185. The van der Waals surface area contributed by atoms with Crippen LogP contribution in [0.4, 0.5) is 0 Å². The number of benzene rings is 3. The van der Waals surface area contributed by atoms with E-state index in [9.17, 15) is 4.79 Å². The minimum absolute atomic E-state index is 0. The van der Waals surface area contributed by atoms with Crippen molar-refractivity contribution < 1.29 is 24.0 Å². The summed E-state index contributed by atoms with van der Waals surface area (Å²) in [5, 5.41) is 5.13. The first kappa shape index (κ1) is 25.7. The van der Waals surface area contributed by atoms with Crippen molar-refractivity contribution in [3.05, 3.63) is 107 Å². The van der Waals surface area contributed by atoms with Gasteiger partial charge in [-0.25, -0.2) is 4.98 Å². The number of nitrogens with zero attached hydrogens (tertiary/aromatic N) is 1. The third kappa shape index (κ3) is 5.26. The number of aryl methyl sites for hydroxylation is 1. The van der Waals surface area contributed by atoms with E-state index in [1.54, 1.807) is 11.8 Å². The number of aromatic nitrogens is 2. The van der Waals surface area contributed by atoms with Crippen LogP contribution in [0.2, 0.25) is 0 Å². The normalized spacial score (nSPS) is 11.1. The Balaban J connectivity index is 0.00000306. The molecule has 0 aliphatic carbocycles. The maximum Gasteiger partial charge on any atom is 0.295 e. The van der Waals surface area contributed by atoms with E-state index in [0.717, 1.165) is 44.8 Å². The van der Waals surface area contributed by atoms with Crippen molar-refractivity contribution in [1.29, 1.82) is 0 Å². The van der Waals surface area contributed by atoms with E-state index < -0.39 is 7.26 Å². The molecule has 33 heavy (non-hydrogen) atoms. The van der Waals surface area contributed by atoms with E-state index in [0.29, 0.717) is 5.82 Å². The van der Waals surface area contributed by atoms with Crippen LogP contribution < -0.4 is 50.8 Å². The maximum atomic E-state index is 13.8. The van der Waals surface area contributed by atoms with Crippen LogP contribution in [0.5, 0.6) is 0 Å². The summed E-state index contributed by atoms with van der Waals surface area (Å²) >= 11 is 1.71. The maximum absolute atomic E-state index is 13.8. The fourth-order valence-electron chi connectivity index (χ4n) is 4.05. The molecule has 170 valence electrons. The van der Waals surface area contributed by atoms with Gasteiger partial charge < -0.3 is 29.0 Å². The van der Waals surface area contributed by atoms with E-state index in [1.807, 2.05) is 25.1 Å². The van der Waals surface area contributed by atoms with Crippen molar-refractivity contribution in [3.63, 3.8) is 0 Å². The number of unbranched alkanes of at least 4 members (excludes halogenated alkanes) is 1. The Kier molecular flexibility index (Phi) is 9.30. The molecule has 0 spiro atoms. The largest absolute Gasteiger partial charge is 1.00 e. The summed E-state index contributed by atoms with van der Waals surface area (Å²) < 4.78 is 0. The second-order valence-electron chi connectivity index (χ2n) is 7.68. The van der Waals surface area contributed by atoms with Crippen molar-refractivity contribution in [2.75, 3.05) is 5.75 Å². The van der Waals surface area contributed by atoms with E-state index in [-0.39, 0.29) is 29.5 Å². The predicted octanol–water partition coefficient (Wildman–Crippen LogP) is 1.59. The molecule has 3 nitrogen and oxygen atoms in total. The minimum Gasteiger partial charge on any atom is -1.00 e. The highest BCUT2D eigenvalue weighted by Crippen LogP contribution is 2.54. The van der Waals surface area contributed by atoms with Gasteiger partial charge in [0.15, 0.2) is 7.26 Å². The number of hydrogen-bond acceptors (Lipinski definition) is 3. The average molecular weight is 586 g/mol. The minimum atomic E-state index is -2.48. The molecular weight excluding hydrogens is 558 g/mol. The molecule has 0 bridgehead atoms. The second kappa shape index (κ2) is 12.0. The SMILES string of the molecule is CCCCSc1nc(C)[nH]c(=O)c1[P+](c1ccccc1)(c1ccccc1)c1ccccc1.[I-]. The lowest BCUT2D eigenvalue weighted by atomic mass is 10.4. The molecule has 4 aromatic rings. The van der Waals surface area contributed by atoms with Crippen LogP contribution in [0, 0.1) is 6.92 Å². The van der Waals surface area contributed by atoms with E-state index in [2.05, 4.69) is 84.7 Å². The lowest BCUT2D eigenvalue weighted by Crippen LogP contribution is -3.00. The van der Waals surface area contributed by atoms with Gasteiger partial charge in [-0.1, -0.05) is 67.9 Å². The Bertz CT molecular complexity index is 1120. The highest BCUT2D eigenvalue weighted by atomic mass is 127. The lowest BCUT2D eigenvalue weighted by molar-refractivity contribution is -0.00000656. The summed E-state index contributed by atoms with van der Waals surface area (Å²) in [5.41, 5.74) is -0.0404. The standard InChI is InChI=1S/C27H27N2OPS.HI/c1-3-4-20-32-27-25(26(30)28-21(2)29-27)31(22-14-8-5-9-15-22,23-16-10-6-11-17-23)24-18-12-7-13-19-24;/h5-19H,3-4,20H2,1-2H3;1H. The van der Waals surface area contributed by atoms with E-state index in [4.69, 9.17) is 4.98 Å². The molecule has 1 aromatic heterocycles. The van der Waals surface area contributed by atoms with Gasteiger partial charge in [0.2, 0.25) is 5.30 Å². The van der Waals surface area contributed by atoms with Gasteiger partial charge in [-0.3, -0.25) is 4.79 Å². The first-order chi connectivity index (χ1) is 15.7. The van der Waals surface area contributed by atoms with Gasteiger partial charge in [-0.2, -0.15) is 0 Å². The van der Waals surface area contributed by atoms with Gasteiger partial charge in [0.25, 0.3) is 5.56 Å². The molecule has 0 amide bonds. The number of H-pyrrole nitrogens is 1. The molecule has 0 atom stereocenters. The Morgan fingerprint density at radius 2 is 1.27 bits per heavy atom. The van der Waals surface area contributed by atoms with Crippen LogP contribution in [0.1, 0.15) is 25.6 Å². The van der Waals surface area contributed by atoms with Crippen LogP contribution in [0.25, 0.3) is 0 Å². The van der Waals surface area contributed by atoms with Crippen molar-refractivity contribution in [2.24, 2.45) is 0 Å². The monoisotopic (exact) mass is 586 g/mol. The summed E-state index contributed by atoms with van der Waals surface area (Å²) in [6.07, 6.45) is 2.20. The molecule has 1 N–H and O–H groups in total. The Morgan fingerprint density at radius 3 is 1.70 bits per heavy atom. The summed E-state index contributed by atoms with van der Waals surface area (Å²) in [4.78, 5) is 21.7. The molecule has 0 fully saturated rings. The first-order valence-corrected chi connectivity index (χ1v) is 13.8. The molecule has 1 heterocycles. The number of nitrogens with one attached hydrogen (secondary N) is 1. The quantitative estimate of drug-likeness (QED) is 0.112. The predicted molar refractivity (Wildman–Crippen MR) is 140 cm³/mol. The molecule has 0 aliphatic heterocycles. The van der Waals surface area contributed by atoms with E-state index >= 15 is 0 Å². The van der Waals surface area contributed by atoms with Crippen molar-refractivity contribution >= 4 is 40.2 Å².